The van der Waals surface area contributed by atoms with Gasteiger partial charge in [0.25, 0.3) is 0 Å². The van der Waals surface area contributed by atoms with Crippen LogP contribution in [0.3, 0.4) is 0 Å². The van der Waals surface area contributed by atoms with Crippen molar-refractivity contribution in [3.8, 4) is 17.2 Å². The number of hydrogen-bond acceptors (Lipinski definition) is 5. The third kappa shape index (κ3) is 3.86. The van der Waals surface area contributed by atoms with Crippen molar-refractivity contribution in [3.63, 3.8) is 0 Å². The first-order chi connectivity index (χ1) is 9.40. The molecule has 1 aromatic carbocycles. The Kier molecular flexibility index (Phi) is 5.82. The number of hydrogen-bond donors (Lipinski definition) is 0. The molecule has 0 spiro atoms. The molecule has 1 rings (SSSR count). The SMILES string of the molecule is COc1cc(Br)c(/C=C/[N+](=O)[O-])c(OC(C)C)c1OC. The quantitative estimate of drug-likeness (QED) is 0.582. The fourth-order valence-electron chi connectivity index (χ4n) is 1.59. The van der Waals surface area contributed by atoms with E-state index in [0.29, 0.717) is 27.3 Å². The van der Waals surface area contributed by atoms with Crippen molar-refractivity contribution in [2.45, 2.75) is 20.0 Å². The molecule has 0 radical (unpaired) electrons. The molecule has 7 heteroatoms. The normalized spacial score (nSPS) is 10.9. The van der Waals surface area contributed by atoms with Crippen molar-refractivity contribution < 1.29 is 19.1 Å². The standard InChI is InChI=1S/C13H16BrNO5/c1-8(2)20-12-9(5-6-15(16)17)10(14)7-11(18-3)13(12)19-4/h5-8H,1-4H3/b6-5+. The zero-order valence-electron chi connectivity index (χ0n) is 11.7. The van der Waals surface area contributed by atoms with Crippen LogP contribution < -0.4 is 14.2 Å². The Hall–Kier alpha value is -1.76. The molecule has 110 valence electrons. The van der Waals surface area contributed by atoms with Gasteiger partial charge in [0, 0.05) is 16.1 Å². The highest BCUT2D eigenvalue weighted by molar-refractivity contribution is 9.10. The lowest BCUT2D eigenvalue weighted by Gasteiger charge is -2.19. The number of halogens is 1. The first-order valence-electron chi connectivity index (χ1n) is 5.83. The molecule has 0 N–H and O–H groups in total. The van der Waals surface area contributed by atoms with E-state index in [1.54, 1.807) is 6.07 Å². The summed E-state index contributed by atoms with van der Waals surface area (Å²) in [6.07, 6.45) is 2.08. The minimum absolute atomic E-state index is 0.120. The fraction of sp³-hybridized carbons (Fsp3) is 0.385. The molecule has 0 saturated heterocycles. The van der Waals surface area contributed by atoms with Crippen LogP contribution in [0.5, 0.6) is 17.2 Å². The molecule has 0 fully saturated rings. The van der Waals surface area contributed by atoms with Crippen LogP contribution in [-0.4, -0.2) is 25.2 Å². The minimum Gasteiger partial charge on any atom is -0.493 e. The van der Waals surface area contributed by atoms with Crippen molar-refractivity contribution in [3.05, 3.63) is 32.4 Å². The Morgan fingerprint density at radius 2 is 1.95 bits per heavy atom. The van der Waals surface area contributed by atoms with Gasteiger partial charge in [-0.3, -0.25) is 10.1 Å². The maximum absolute atomic E-state index is 10.5. The Balaban J connectivity index is 3.50. The van der Waals surface area contributed by atoms with E-state index >= 15 is 0 Å². The number of nitrogens with zero attached hydrogens (tertiary/aromatic N) is 1. The summed E-state index contributed by atoms with van der Waals surface area (Å²) in [7, 11) is 3.00. The van der Waals surface area contributed by atoms with Gasteiger partial charge >= 0.3 is 0 Å². The van der Waals surface area contributed by atoms with Crippen LogP contribution in [0.25, 0.3) is 6.08 Å². The van der Waals surface area contributed by atoms with Gasteiger partial charge in [0.2, 0.25) is 11.9 Å². The summed E-state index contributed by atoms with van der Waals surface area (Å²) < 4.78 is 16.9. The Bertz CT molecular complexity index is 528. The highest BCUT2D eigenvalue weighted by atomic mass is 79.9. The maximum atomic E-state index is 10.5. The number of rotatable bonds is 6. The molecule has 0 heterocycles. The molecule has 0 aromatic heterocycles. The van der Waals surface area contributed by atoms with Crippen LogP contribution in [0, 0.1) is 10.1 Å². The fourth-order valence-corrected chi connectivity index (χ4v) is 2.11. The van der Waals surface area contributed by atoms with Crippen LogP contribution in [0.15, 0.2) is 16.7 Å². The molecular formula is C13H16BrNO5. The van der Waals surface area contributed by atoms with Gasteiger partial charge in [-0.15, -0.1) is 0 Å². The molecule has 0 bridgehead atoms. The predicted molar refractivity (Wildman–Crippen MR) is 79.0 cm³/mol. The second kappa shape index (κ2) is 7.14. The highest BCUT2D eigenvalue weighted by Crippen LogP contribution is 2.45. The molecule has 0 aliphatic carbocycles. The van der Waals surface area contributed by atoms with Crippen LogP contribution in [0.2, 0.25) is 0 Å². The molecule has 1 aromatic rings. The molecule has 0 aliphatic heterocycles. The van der Waals surface area contributed by atoms with E-state index in [4.69, 9.17) is 14.2 Å². The van der Waals surface area contributed by atoms with E-state index in [0.717, 1.165) is 6.20 Å². The van der Waals surface area contributed by atoms with E-state index in [-0.39, 0.29) is 6.10 Å². The van der Waals surface area contributed by atoms with Crippen LogP contribution in [0.1, 0.15) is 19.4 Å². The molecule has 0 unspecified atom stereocenters. The lowest BCUT2D eigenvalue weighted by molar-refractivity contribution is -0.400. The zero-order valence-corrected chi connectivity index (χ0v) is 13.3. The van der Waals surface area contributed by atoms with E-state index in [1.807, 2.05) is 13.8 Å². The Morgan fingerprint density at radius 3 is 2.40 bits per heavy atom. The van der Waals surface area contributed by atoms with Crippen LogP contribution >= 0.6 is 15.9 Å². The van der Waals surface area contributed by atoms with Gasteiger partial charge in [0.15, 0.2) is 11.5 Å². The van der Waals surface area contributed by atoms with Crippen molar-refractivity contribution in [2.24, 2.45) is 0 Å². The monoisotopic (exact) mass is 345 g/mol. The van der Waals surface area contributed by atoms with Crippen molar-refractivity contribution in [1.82, 2.24) is 0 Å². The second-order valence-corrected chi connectivity index (χ2v) is 4.96. The summed E-state index contributed by atoms with van der Waals surface area (Å²) in [6.45, 7) is 3.71. The molecule has 6 nitrogen and oxygen atoms in total. The summed E-state index contributed by atoms with van der Waals surface area (Å²) in [5.41, 5.74) is 0.521. The van der Waals surface area contributed by atoms with Gasteiger partial charge in [-0.05, 0) is 35.8 Å². The second-order valence-electron chi connectivity index (χ2n) is 4.10. The summed E-state index contributed by atoms with van der Waals surface area (Å²) in [6, 6.07) is 1.67. The largest absolute Gasteiger partial charge is 0.493 e. The lowest BCUT2D eigenvalue weighted by atomic mass is 10.1. The lowest BCUT2D eigenvalue weighted by Crippen LogP contribution is -2.09. The third-order valence-corrected chi connectivity index (χ3v) is 2.99. The average Bonchev–Trinajstić information content (AvgIpc) is 2.36. The topological polar surface area (TPSA) is 70.8 Å². The van der Waals surface area contributed by atoms with Gasteiger partial charge in [0.05, 0.1) is 25.2 Å². The third-order valence-electron chi connectivity index (χ3n) is 2.33. The van der Waals surface area contributed by atoms with Gasteiger partial charge < -0.3 is 14.2 Å². The summed E-state index contributed by atoms with van der Waals surface area (Å²) in [5.74, 6) is 1.27. The van der Waals surface area contributed by atoms with Crippen LogP contribution in [-0.2, 0) is 0 Å². The number of nitro groups is 1. The van der Waals surface area contributed by atoms with Gasteiger partial charge in [-0.25, -0.2) is 0 Å². The van der Waals surface area contributed by atoms with Gasteiger partial charge in [0.1, 0.15) is 0 Å². The van der Waals surface area contributed by atoms with Crippen molar-refractivity contribution in [2.75, 3.05) is 14.2 Å². The first-order valence-corrected chi connectivity index (χ1v) is 6.62. The zero-order chi connectivity index (χ0) is 15.3. The molecular weight excluding hydrogens is 330 g/mol. The number of benzene rings is 1. The maximum Gasteiger partial charge on any atom is 0.235 e. The van der Waals surface area contributed by atoms with E-state index in [2.05, 4.69) is 15.9 Å². The minimum atomic E-state index is -0.539. The molecule has 0 aliphatic rings. The summed E-state index contributed by atoms with van der Waals surface area (Å²) in [4.78, 5) is 9.96. The smallest absolute Gasteiger partial charge is 0.235 e. The summed E-state index contributed by atoms with van der Waals surface area (Å²) in [5, 5.41) is 10.5. The van der Waals surface area contributed by atoms with E-state index in [1.165, 1.54) is 20.3 Å². The Labute approximate surface area is 125 Å². The van der Waals surface area contributed by atoms with Crippen LogP contribution in [0.4, 0.5) is 0 Å². The highest BCUT2D eigenvalue weighted by Gasteiger charge is 2.20. The van der Waals surface area contributed by atoms with Crippen molar-refractivity contribution in [1.29, 1.82) is 0 Å². The molecule has 0 atom stereocenters. The summed E-state index contributed by atoms with van der Waals surface area (Å²) >= 11 is 3.35. The van der Waals surface area contributed by atoms with Gasteiger partial charge in [-0.1, -0.05) is 0 Å². The molecule has 0 amide bonds. The van der Waals surface area contributed by atoms with Gasteiger partial charge in [-0.2, -0.15) is 0 Å². The first kappa shape index (κ1) is 16.3. The number of ether oxygens (including phenoxy) is 3. The van der Waals surface area contributed by atoms with E-state index in [9.17, 15) is 10.1 Å². The molecule has 0 saturated carbocycles. The van der Waals surface area contributed by atoms with E-state index < -0.39 is 4.92 Å². The average molecular weight is 346 g/mol. The predicted octanol–water partition coefficient (Wildman–Crippen LogP) is 3.50. The molecule has 20 heavy (non-hydrogen) atoms. The van der Waals surface area contributed by atoms with Crippen molar-refractivity contribution >= 4 is 22.0 Å². The Morgan fingerprint density at radius 1 is 1.30 bits per heavy atom. The number of methoxy groups -OCH3 is 2.